The summed E-state index contributed by atoms with van der Waals surface area (Å²) in [6, 6.07) is 31.0. The molecule has 178 valence electrons. The monoisotopic (exact) mass is 502 g/mol. The summed E-state index contributed by atoms with van der Waals surface area (Å²) >= 11 is 1.41. The first-order valence-corrected chi connectivity index (χ1v) is 13.5. The number of aryl methyl sites for hydroxylation is 2. The Labute approximate surface area is 210 Å². The topological polar surface area (TPSA) is 75.3 Å². The lowest BCUT2D eigenvalue weighted by Crippen LogP contribution is -2.19. The van der Waals surface area contributed by atoms with Crippen molar-refractivity contribution in [2.24, 2.45) is 0 Å². The fraction of sp³-hybridized carbons (Fsp3) is 0.107. The molecule has 0 saturated carbocycles. The smallest absolute Gasteiger partial charge is 0.261 e. The third-order valence-corrected chi connectivity index (χ3v) is 8.10. The molecule has 0 aliphatic heterocycles. The molecule has 0 aliphatic rings. The van der Waals surface area contributed by atoms with Crippen LogP contribution in [0, 0.1) is 13.8 Å². The maximum atomic E-state index is 13.3. The van der Waals surface area contributed by atoms with Crippen molar-refractivity contribution < 1.29 is 13.2 Å². The zero-order chi connectivity index (χ0) is 24.8. The Bertz CT molecular complexity index is 1400. The van der Waals surface area contributed by atoms with E-state index in [-0.39, 0.29) is 10.8 Å². The first kappa shape index (κ1) is 24.6. The van der Waals surface area contributed by atoms with Crippen LogP contribution in [0.2, 0.25) is 0 Å². The van der Waals surface area contributed by atoms with E-state index in [1.54, 1.807) is 36.4 Å². The van der Waals surface area contributed by atoms with Gasteiger partial charge in [-0.15, -0.1) is 11.8 Å². The lowest BCUT2D eigenvalue weighted by atomic mass is 10.1. The number of hydrogen-bond donors (Lipinski definition) is 2. The normalized spacial score (nSPS) is 12.1. The Morgan fingerprint density at radius 1 is 0.771 bits per heavy atom. The molecule has 0 saturated heterocycles. The van der Waals surface area contributed by atoms with Crippen molar-refractivity contribution in [2.75, 3.05) is 10.0 Å². The zero-order valence-electron chi connectivity index (χ0n) is 19.4. The molecule has 0 spiro atoms. The van der Waals surface area contributed by atoms with Crippen LogP contribution in [0.3, 0.4) is 0 Å². The van der Waals surface area contributed by atoms with E-state index < -0.39 is 15.3 Å². The molecule has 4 aromatic carbocycles. The quantitative estimate of drug-likeness (QED) is 0.267. The summed E-state index contributed by atoms with van der Waals surface area (Å²) in [5.41, 5.74) is 4.09. The van der Waals surface area contributed by atoms with Gasteiger partial charge in [-0.3, -0.25) is 9.52 Å². The molecule has 35 heavy (non-hydrogen) atoms. The van der Waals surface area contributed by atoms with Gasteiger partial charge in [0.2, 0.25) is 5.91 Å². The average Bonchev–Trinajstić information content (AvgIpc) is 2.85. The highest BCUT2D eigenvalue weighted by Gasteiger charge is 2.23. The number of thioether (sulfide) groups is 1. The molecule has 0 bridgehead atoms. The minimum Gasteiger partial charge on any atom is -0.325 e. The van der Waals surface area contributed by atoms with Gasteiger partial charge >= 0.3 is 0 Å². The number of sulfonamides is 1. The van der Waals surface area contributed by atoms with Crippen LogP contribution < -0.4 is 10.0 Å². The van der Waals surface area contributed by atoms with Crippen LogP contribution in [0.5, 0.6) is 0 Å². The van der Waals surface area contributed by atoms with Gasteiger partial charge in [0.1, 0.15) is 5.25 Å². The van der Waals surface area contributed by atoms with E-state index in [1.165, 1.54) is 11.8 Å². The van der Waals surface area contributed by atoms with E-state index >= 15 is 0 Å². The summed E-state index contributed by atoms with van der Waals surface area (Å²) in [6.07, 6.45) is 0. The largest absolute Gasteiger partial charge is 0.325 e. The lowest BCUT2D eigenvalue weighted by Gasteiger charge is -2.18. The zero-order valence-corrected chi connectivity index (χ0v) is 21.1. The van der Waals surface area contributed by atoms with Crippen molar-refractivity contribution in [1.29, 1.82) is 0 Å². The third kappa shape index (κ3) is 6.32. The van der Waals surface area contributed by atoms with Gasteiger partial charge in [-0.2, -0.15) is 0 Å². The molecule has 0 aromatic heterocycles. The van der Waals surface area contributed by atoms with Crippen LogP contribution in [0.15, 0.2) is 113 Å². The molecule has 5 nitrogen and oxygen atoms in total. The molecule has 1 atom stereocenters. The second kappa shape index (κ2) is 10.8. The van der Waals surface area contributed by atoms with Crippen LogP contribution in [-0.2, 0) is 14.8 Å². The maximum absolute atomic E-state index is 13.3. The minimum absolute atomic E-state index is 0.125. The standard InChI is InChI=1S/C28H26N2O3S2/c1-20-12-18-25(19-13-20)35(32,33)30-23-14-16-24(17-15-23)34-27(22-9-4-3-5-10-22)28(31)29-26-11-7-6-8-21(26)2/h3-19,27,30H,1-2H3,(H,29,31). The highest BCUT2D eigenvalue weighted by molar-refractivity contribution is 8.00. The number of anilines is 2. The maximum Gasteiger partial charge on any atom is 0.261 e. The second-order valence-electron chi connectivity index (χ2n) is 8.16. The number of benzene rings is 4. The fourth-order valence-corrected chi connectivity index (χ4v) is 5.56. The minimum atomic E-state index is -3.68. The van der Waals surface area contributed by atoms with E-state index in [0.717, 1.165) is 27.3 Å². The van der Waals surface area contributed by atoms with Gasteiger partial charge in [-0.25, -0.2) is 8.42 Å². The predicted octanol–water partition coefficient (Wildman–Crippen LogP) is 6.58. The van der Waals surface area contributed by atoms with Gasteiger partial charge in [-0.1, -0.05) is 66.2 Å². The van der Waals surface area contributed by atoms with E-state index in [0.29, 0.717) is 5.69 Å². The average molecular weight is 503 g/mol. The first-order chi connectivity index (χ1) is 16.8. The molecule has 7 heteroatoms. The summed E-state index contributed by atoms with van der Waals surface area (Å²) in [6.45, 7) is 3.86. The molecule has 4 rings (SSSR count). The van der Waals surface area contributed by atoms with E-state index in [9.17, 15) is 13.2 Å². The van der Waals surface area contributed by atoms with Crippen LogP contribution in [0.25, 0.3) is 0 Å². The fourth-order valence-electron chi connectivity index (χ4n) is 3.48. The van der Waals surface area contributed by atoms with Crippen molar-refractivity contribution >= 4 is 39.1 Å². The number of carbonyl (C=O) groups is 1. The molecule has 1 amide bonds. The van der Waals surface area contributed by atoms with Crippen molar-refractivity contribution in [3.8, 4) is 0 Å². The van der Waals surface area contributed by atoms with Crippen molar-refractivity contribution in [3.05, 3.63) is 120 Å². The molecule has 0 aliphatic carbocycles. The van der Waals surface area contributed by atoms with Crippen LogP contribution in [0.1, 0.15) is 21.9 Å². The first-order valence-electron chi connectivity index (χ1n) is 11.1. The van der Waals surface area contributed by atoms with Crippen LogP contribution in [-0.4, -0.2) is 14.3 Å². The SMILES string of the molecule is Cc1ccc(S(=O)(=O)Nc2ccc(SC(C(=O)Nc3ccccc3C)c3ccccc3)cc2)cc1. The van der Waals surface area contributed by atoms with Crippen LogP contribution >= 0.6 is 11.8 Å². The molecular weight excluding hydrogens is 476 g/mol. The molecular formula is C28H26N2O3S2. The summed E-state index contributed by atoms with van der Waals surface area (Å²) in [5, 5.41) is 2.56. The van der Waals surface area contributed by atoms with Gasteiger partial charge in [0.15, 0.2) is 0 Å². The highest BCUT2D eigenvalue weighted by atomic mass is 32.2. The Hall–Kier alpha value is -3.55. The summed E-state index contributed by atoms with van der Waals surface area (Å²) < 4.78 is 28.0. The Morgan fingerprint density at radius 3 is 2.06 bits per heavy atom. The van der Waals surface area contributed by atoms with Gasteiger partial charge in [0, 0.05) is 16.3 Å². The third-order valence-electron chi connectivity index (χ3n) is 5.44. The molecule has 0 radical (unpaired) electrons. The van der Waals surface area contributed by atoms with E-state index in [2.05, 4.69) is 10.0 Å². The van der Waals surface area contributed by atoms with Gasteiger partial charge < -0.3 is 5.32 Å². The van der Waals surface area contributed by atoms with Crippen LogP contribution in [0.4, 0.5) is 11.4 Å². The molecule has 4 aromatic rings. The molecule has 0 fully saturated rings. The van der Waals surface area contributed by atoms with E-state index in [1.807, 2.05) is 80.6 Å². The van der Waals surface area contributed by atoms with Gasteiger partial charge in [0.25, 0.3) is 10.0 Å². The number of nitrogens with one attached hydrogen (secondary N) is 2. The Morgan fingerprint density at radius 2 is 1.40 bits per heavy atom. The molecule has 2 N–H and O–H groups in total. The highest BCUT2D eigenvalue weighted by Crippen LogP contribution is 2.37. The molecule has 0 heterocycles. The van der Waals surface area contributed by atoms with Crippen molar-refractivity contribution in [2.45, 2.75) is 28.9 Å². The Balaban J connectivity index is 1.52. The summed E-state index contributed by atoms with van der Waals surface area (Å²) in [5.74, 6) is -0.125. The number of amides is 1. The Kier molecular flexibility index (Phi) is 7.58. The molecule has 1 unspecified atom stereocenters. The predicted molar refractivity (Wildman–Crippen MR) is 143 cm³/mol. The number of rotatable bonds is 8. The van der Waals surface area contributed by atoms with Crippen molar-refractivity contribution in [1.82, 2.24) is 0 Å². The summed E-state index contributed by atoms with van der Waals surface area (Å²) in [7, 11) is -3.68. The number of para-hydroxylation sites is 1. The van der Waals surface area contributed by atoms with Gasteiger partial charge in [0.05, 0.1) is 4.90 Å². The number of carbonyl (C=O) groups excluding carboxylic acids is 1. The van der Waals surface area contributed by atoms with Gasteiger partial charge in [-0.05, 0) is 67.4 Å². The lowest BCUT2D eigenvalue weighted by molar-refractivity contribution is -0.115. The van der Waals surface area contributed by atoms with Crippen molar-refractivity contribution in [3.63, 3.8) is 0 Å². The van der Waals surface area contributed by atoms with E-state index in [4.69, 9.17) is 0 Å². The summed E-state index contributed by atoms with van der Waals surface area (Å²) in [4.78, 5) is 14.3. The number of hydrogen-bond acceptors (Lipinski definition) is 4. The second-order valence-corrected chi connectivity index (χ2v) is 11.0.